The van der Waals surface area contributed by atoms with Crippen LogP contribution < -0.4 is 10.1 Å². The number of para-hydroxylation sites is 1. The number of likely N-dealkylation sites (tertiary alicyclic amines) is 1. The monoisotopic (exact) mass is 435 g/mol. The van der Waals surface area contributed by atoms with Crippen LogP contribution in [0.1, 0.15) is 36.0 Å². The number of carbonyl (C=O) groups excluding carboxylic acids is 1. The topological polar surface area (TPSA) is 120 Å². The lowest BCUT2D eigenvalue weighted by molar-refractivity contribution is 0.0909. The summed E-state index contributed by atoms with van der Waals surface area (Å²) in [4.78, 5) is 37.4. The second kappa shape index (κ2) is 8.49. The number of piperidine rings is 1. The number of ether oxygens (including phenoxy) is 1. The fraction of sp³-hybridized carbons (Fsp3) is 0.391. The van der Waals surface area contributed by atoms with Crippen LogP contribution in [0.2, 0.25) is 0 Å². The van der Waals surface area contributed by atoms with Crippen LogP contribution in [0.4, 0.5) is 4.79 Å². The van der Waals surface area contributed by atoms with Crippen LogP contribution >= 0.6 is 0 Å². The minimum Gasteiger partial charge on any atom is -0.493 e. The number of fused-ring (bicyclic) bond motifs is 1. The number of hydrogen-bond donors (Lipinski definition) is 3. The third-order valence-electron chi connectivity index (χ3n) is 6.12. The van der Waals surface area contributed by atoms with Crippen molar-refractivity contribution in [3.63, 3.8) is 0 Å². The van der Waals surface area contributed by atoms with E-state index in [0.717, 1.165) is 11.3 Å². The Morgan fingerprint density at radius 2 is 1.94 bits per heavy atom. The standard InChI is InChI=1S/C23H25N5O4/c29-22(27-15-7-9-28(10-8-15)23(30)31)17-11-24-21-19(25-13-26-20(17)21)16-3-1-2-4-18(16)32-12-14-5-6-14/h1-4,11,13-15,24H,5-10,12H2,(H,27,29)(H,30,31). The first-order valence-corrected chi connectivity index (χ1v) is 10.9. The molecule has 9 heteroatoms. The van der Waals surface area contributed by atoms with E-state index in [0.29, 0.717) is 60.7 Å². The number of benzene rings is 1. The van der Waals surface area contributed by atoms with E-state index in [1.807, 2.05) is 24.3 Å². The van der Waals surface area contributed by atoms with E-state index in [1.54, 1.807) is 6.20 Å². The molecule has 9 nitrogen and oxygen atoms in total. The second-order valence-electron chi connectivity index (χ2n) is 8.42. The quantitative estimate of drug-likeness (QED) is 0.546. The van der Waals surface area contributed by atoms with Gasteiger partial charge in [-0.25, -0.2) is 14.8 Å². The van der Waals surface area contributed by atoms with Crippen molar-refractivity contribution in [2.75, 3.05) is 19.7 Å². The van der Waals surface area contributed by atoms with Crippen molar-refractivity contribution in [3.8, 4) is 17.0 Å². The van der Waals surface area contributed by atoms with Crippen molar-refractivity contribution in [1.82, 2.24) is 25.2 Å². The molecule has 5 rings (SSSR count). The van der Waals surface area contributed by atoms with E-state index in [9.17, 15) is 9.59 Å². The van der Waals surface area contributed by atoms with Gasteiger partial charge in [-0.15, -0.1) is 0 Å². The summed E-state index contributed by atoms with van der Waals surface area (Å²) in [5.74, 6) is 1.18. The Hall–Kier alpha value is -3.62. The average Bonchev–Trinajstić information content (AvgIpc) is 3.54. The smallest absolute Gasteiger partial charge is 0.407 e. The predicted octanol–water partition coefficient (Wildman–Crippen LogP) is 3.29. The third-order valence-corrected chi connectivity index (χ3v) is 6.12. The number of H-pyrrole nitrogens is 1. The lowest BCUT2D eigenvalue weighted by Gasteiger charge is -2.30. The van der Waals surface area contributed by atoms with Gasteiger partial charge in [-0.05, 0) is 43.7 Å². The number of rotatable bonds is 6. The third kappa shape index (κ3) is 4.10. The molecule has 0 radical (unpaired) electrons. The van der Waals surface area contributed by atoms with E-state index < -0.39 is 6.09 Å². The fourth-order valence-corrected chi connectivity index (χ4v) is 4.08. The fourth-order valence-electron chi connectivity index (χ4n) is 4.08. The SMILES string of the molecule is O=C(NC1CCN(C(=O)O)CC1)c1c[nH]c2c(-c3ccccc3OCC3CC3)ncnc12. The highest BCUT2D eigenvalue weighted by atomic mass is 16.5. The average molecular weight is 435 g/mol. The molecule has 166 valence electrons. The van der Waals surface area contributed by atoms with Gasteiger partial charge in [0.25, 0.3) is 5.91 Å². The maximum atomic E-state index is 13.0. The first kappa shape index (κ1) is 20.3. The lowest BCUT2D eigenvalue weighted by Crippen LogP contribution is -2.46. The molecule has 0 spiro atoms. The molecular weight excluding hydrogens is 410 g/mol. The van der Waals surface area contributed by atoms with Crippen molar-refractivity contribution in [3.05, 3.63) is 42.4 Å². The lowest BCUT2D eigenvalue weighted by atomic mass is 10.0. The summed E-state index contributed by atoms with van der Waals surface area (Å²) < 4.78 is 6.05. The van der Waals surface area contributed by atoms with Crippen LogP contribution in [-0.2, 0) is 0 Å². The number of aromatic amines is 1. The van der Waals surface area contributed by atoms with Crippen molar-refractivity contribution in [2.45, 2.75) is 31.7 Å². The Kier molecular flexibility index (Phi) is 5.38. The Balaban J connectivity index is 1.37. The minimum absolute atomic E-state index is 0.0686. The Morgan fingerprint density at radius 3 is 2.69 bits per heavy atom. The zero-order valence-corrected chi connectivity index (χ0v) is 17.6. The van der Waals surface area contributed by atoms with Crippen LogP contribution in [0.5, 0.6) is 5.75 Å². The number of carbonyl (C=O) groups is 2. The molecule has 2 aliphatic rings. The van der Waals surface area contributed by atoms with Gasteiger partial charge >= 0.3 is 6.09 Å². The number of nitrogens with zero attached hydrogens (tertiary/aromatic N) is 3. The van der Waals surface area contributed by atoms with E-state index in [1.165, 1.54) is 24.1 Å². The van der Waals surface area contributed by atoms with Gasteiger partial charge in [-0.1, -0.05) is 12.1 Å². The minimum atomic E-state index is -0.919. The molecule has 3 N–H and O–H groups in total. The predicted molar refractivity (Wildman–Crippen MR) is 118 cm³/mol. The van der Waals surface area contributed by atoms with E-state index in [4.69, 9.17) is 9.84 Å². The number of amides is 2. The van der Waals surface area contributed by atoms with Crippen LogP contribution in [-0.4, -0.2) is 62.7 Å². The van der Waals surface area contributed by atoms with Gasteiger partial charge in [-0.2, -0.15) is 0 Å². The summed E-state index contributed by atoms with van der Waals surface area (Å²) >= 11 is 0. The Bertz CT molecular complexity index is 1150. The van der Waals surface area contributed by atoms with Gasteiger partial charge in [0.2, 0.25) is 0 Å². The second-order valence-corrected chi connectivity index (χ2v) is 8.42. The maximum Gasteiger partial charge on any atom is 0.407 e. The van der Waals surface area contributed by atoms with Gasteiger partial charge in [0, 0.05) is 30.9 Å². The summed E-state index contributed by atoms with van der Waals surface area (Å²) in [5.41, 5.74) is 3.22. The first-order valence-electron chi connectivity index (χ1n) is 10.9. The highest BCUT2D eigenvalue weighted by Crippen LogP contribution is 2.35. The van der Waals surface area contributed by atoms with Gasteiger partial charge < -0.3 is 25.0 Å². The molecule has 3 aromatic rings. The summed E-state index contributed by atoms with van der Waals surface area (Å²) in [6.07, 6.45) is 5.80. The van der Waals surface area contributed by atoms with Crippen LogP contribution in [0.15, 0.2) is 36.8 Å². The largest absolute Gasteiger partial charge is 0.493 e. The maximum absolute atomic E-state index is 13.0. The van der Waals surface area contributed by atoms with Gasteiger partial charge in [0.1, 0.15) is 23.3 Å². The number of hydrogen-bond acceptors (Lipinski definition) is 5. The highest BCUT2D eigenvalue weighted by molar-refractivity contribution is 6.07. The van der Waals surface area contributed by atoms with Crippen molar-refractivity contribution < 1.29 is 19.4 Å². The van der Waals surface area contributed by atoms with Crippen molar-refractivity contribution >= 4 is 23.0 Å². The summed E-state index contributed by atoms with van der Waals surface area (Å²) in [6.45, 7) is 1.53. The molecule has 1 aliphatic carbocycles. The number of nitrogens with one attached hydrogen (secondary N) is 2. The molecule has 0 unspecified atom stereocenters. The van der Waals surface area contributed by atoms with Crippen LogP contribution in [0, 0.1) is 5.92 Å². The molecule has 32 heavy (non-hydrogen) atoms. The Morgan fingerprint density at radius 1 is 1.16 bits per heavy atom. The van der Waals surface area contributed by atoms with E-state index in [-0.39, 0.29) is 11.9 Å². The summed E-state index contributed by atoms with van der Waals surface area (Å²) in [5, 5.41) is 12.1. The van der Waals surface area contributed by atoms with Crippen LogP contribution in [0.25, 0.3) is 22.3 Å². The molecule has 1 aromatic carbocycles. The first-order chi connectivity index (χ1) is 15.6. The molecule has 0 bridgehead atoms. The molecule has 0 atom stereocenters. The zero-order chi connectivity index (χ0) is 22.1. The summed E-state index contributed by atoms with van der Waals surface area (Å²) in [7, 11) is 0. The molecule has 1 saturated heterocycles. The number of carboxylic acid groups (broad SMARTS) is 1. The molecule has 3 heterocycles. The van der Waals surface area contributed by atoms with Gasteiger partial charge in [0.15, 0.2) is 0 Å². The molecule has 1 saturated carbocycles. The van der Waals surface area contributed by atoms with Gasteiger partial charge in [-0.3, -0.25) is 4.79 Å². The molecule has 2 fully saturated rings. The molecular formula is C23H25N5O4. The van der Waals surface area contributed by atoms with Crippen LogP contribution in [0.3, 0.4) is 0 Å². The van der Waals surface area contributed by atoms with Crippen molar-refractivity contribution in [2.24, 2.45) is 5.92 Å². The zero-order valence-electron chi connectivity index (χ0n) is 17.6. The molecule has 1 aliphatic heterocycles. The molecule has 2 amide bonds. The van der Waals surface area contributed by atoms with Gasteiger partial charge in [0.05, 0.1) is 17.7 Å². The normalized spacial score (nSPS) is 16.8. The Labute approximate surface area is 184 Å². The van der Waals surface area contributed by atoms with E-state index in [2.05, 4.69) is 20.3 Å². The highest BCUT2D eigenvalue weighted by Gasteiger charge is 2.26. The number of aromatic nitrogens is 3. The van der Waals surface area contributed by atoms with E-state index >= 15 is 0 Å². The molecule has 2 aromatic heterocycles. The summed E-state index contributed by atoms with van der Waals surface area (Å²) in [6, 6.07) is 7.70. The van der Waals surface area contributed by atoms with Crippen molar-refractivity contribution in [1.29, 1.82) is 0 Å².